The van der Waals surface area contributed by atoms with Crippen molar-refractivity contribution in [2.75, 3.05) is 6.61 Å². The maximum Gasteiger partial charge on any atom is 0.416 e. The molecule has 0 saturated heterocycles. The predicted molar refractivity (Wildman–Crippen MR) is 138 cm³/mol. The Bertz CT molecular complexity index is 1460. The molecule has 0 saturated carbocycles. The lowest BCUT2D eigenvalue weighted by Gasteiger charge is -2.19. The maximum atomic E-state index is 14.8. The van der Waals surface area contributed by atoms with E-state index in [9.17, 15) is 22.4 Å². The number of nitrogens with zero attached hydrogens (tertiary/aromatic N) is 2. The number of esters is 1. The number of rotatable bonds is 7. The lowest BCUT2D eigenvalue weighted by Crippen LogP contribution is -2.27. The van der Waals surface area contributed by atoms with Crippen molar-refractivity contribution in [3.05, 3.63) is 83.3 Å². The number of thioether (sulfide) groups is 1. The van der Waals surface area contributed by atoms with Crippen LogP contribution in [0.4, 0.5) is 17.6 Å². The average Bonchev–Trinajstić information content (AvgIpc) is 3.20. The predicted octanol–water partition coefficient (Wildman–Crippen LogP) is 7.50. The minimum absolute atomic E-state index is 0.199. The monoisotopic (exact) mass is 546 g/mol. The van der Waals surface area contributed by atoms with Gasteiger partial charge >= 0.3 is 12.1 Å². The smallest absolute Gasteiger partial charge is 0.416 e. The quantitative estimate of drug-likeness (QED) is 0.136. The summed E-state index contributed by atoms with van der Waals surface area (Å²) < 4.78 is 65.9. The number of para-hydroxylation sites is 1. The lowest BCUT2D eigenvalue weighted by atomic mass is 10.2. The van der Waals surface area contributed by atoms with Crippen molar-refractivity contribution in [2.45, 2.75) is 50.1 Å². The summed E-state index contributed by atoms with van der Waals surface area (Å²) in [6, 6.07) is 14.6. The van der Waals surface area contributed by atoms with Gasteiger partial charge in [0.15, 0.2) is 6.61 Å². The number of hydrogen-bond acceptors (Lipinski definition) is 5. The number of carbonyl (C=O) groups excluding carboxylic acids is 1. The first-order valence-electron chi connectivity index (χ1n) is 11.7. The minimum Gasteiger partial charge on any atom is -0.482 e. The molecule has 3 aromatic carbocycles. The molecule has 10 heteroatoms. The Balaban J connectivity index is 1.52. The van der Waals surface area contributed by atoms with Crippen LogP contribution in [0.1, 0.15) is 37.6 Å². The van der Waals surface area contributed by atoms with Crippen molar-refractivity contribution in [1.82, 2.24) is 9.78 Å². The van der Waals surface area contributed by atoms with Gasteiger partial charge in [0.1, 0.15) is 22.7 Å². The Morgan fingerprint density at radius 2 is 1.74 bits per heavy atom. The van der Waals surface area contributed by atoms with Crippen LogP contribution in [0, 0.1) is 12.7 Å². The molecule has 0 unspecified atom stereocenters. The molecule has 0 amide bonds. The zero-order valence-electron chi connectivity index (χ0n) is 21.2. The Morgan fingerprint density at radius 1 is 1.03 bits per heavy atom. The molecule has 38 heavy (non-hydrogen) atoms. The van der Waals surface area contributed by atoms with Crippen LogP contribution in [0.2, 0.25) is 0 Å². The number of halogens is 4. The van der Waals surface area contributed by atoms with E-state index in [1.807, 2.05) is 19.1 Å². The number of aromatic nitrogens is 2. The van der Waals surface area contributed by atoms with Gasteiger partial charge in [-0.3, -0.25) is 0 Å². The second-order valence-corrected chi connectivity index (χ2v) is 10.7. The highest BCUT2D eigenvalue weighted by Gasteiger charge is 2.30. The zero-order valence-corrected chi connectivity index (χ0v) is 22.0. The average molecular weight is 547 g/mol. The van der Waals surface area contributed by atoms with Crippen LogP contribution in [0.5, 0.6) is 5.75 Å². The van der Waals surface area contributed by atoms with E-state index in [-0.39, 0.29) is 12.1 Å². The van der Waals surface area contributed by atoms with Crippen molar-refractivity contribution >= 4 is 28.6 Å². The molecule has 0 aliphatic carbocycles. The van der Waals surface area contributed by atoms with Gasteiger partial charge in [-0.05, 0) is 81.8 Å². The van der Waals surface area contributed by atoms with Crippen LogP contribution in [0.3, 0.4) is 0 Å². The third kappa shape index (κ3) is 6.48. The van der Waals surface area contributed by atoms with E-state index in [1.165, 1.54) is 34.6 Å². The molecule has 0 N–H and O–H groups in total. The highest BCUT2D eigenvalue weighted by Crippen LogP contribution is 2.33. The standard InChI is InChI=1S/C28H26F4N2O3S/c1-17-14-20(12-13-24(17)36-15-25(35)37-27(2,3)4)38-16-23-21-6-5-7-22(29)26(21)34(33-23)19-10-8-18(9-11-19)28(30,31)32/h5-14H,15-16H2,1-4H3. The van der Waals surface area contributed by atoms with E-state index in [4.69, 9.17) is 9.47 Å². The second-order valence-electron chi connectivity index (χ2n) is 9.63. The Labute approximate surface area is 221 Å². The number of aryl methyl sites for hydroxylation is 1. The summed E-state index contributed by atoms with van der Waals surface area (Å²) in [5, 5.41) is 5.12. The number of ether oxygens (including phenoxy) is 2. The van der Waals surface area contributed by atoms with Crippen LogP contribution in [0.15, 0.2) is 65.6 Å². The van der Waals surface area contributed by atoms with Gasteiger partial charge in [0.25, 0.3) is 0 Å². The van der Waals surface area contributed by atoms with E-state index >= 15 is 0 Å². The molecule has 4 aromatic rings. The molecule has 1 aromatic heterocycles. The van der Waals surface area contributed by atoms with Gasteiger partial charge in [-0.1, -0.05) is 12.1 Å². The molecule has 0 aliphatic rings. The molecule has 0 fully saturated rings. The van der Waals surface area contributed by atoms with Crippen molar-refractivity contribution in [1.29, 1.82) is 0 Å². The van der Waals surface area contributed by atoms with Crippen LogP contribution >= 0.6 is 11.8 Å². The Morgan fingerprint density at radius 3 is 2.37 bits per heavy atom. The largest absolute Gasteiger partial charge is 0.482 e. The molecule has 0 bridgehead atoms. The van der Waals surface area contributed by atoms with Crippen LogP contribution in [-0.2, 0) is 21.5 Å². The van der Waals surface area contributed by atoms with Crippen LogP contribution in [-0.4, -0.2) is 28.0 Å². The summed E-state index contributed by atoms with van der Waals surface area (Å²) in [5.74, 6) is -0.0311. The highest BCUT2D eigenvalue weighted by atomic mass is 32.2. The molecule has 0 atom stereocenters. The minimum atomic E-state index is -4.47. The molecule has 4 rings (SSSR count). The van der Waals surface area contributed by atoms with Crippen molar-refractivity contribution in [3.8, 4) is 11.4 Å². The van der Waals surface area contributed by atoms with Gasteiger partial charge in [-0.2, -0.15) is 18.3 Å². The number of carbonyl (C=O) groups is 1. The maximum absolute atomic E-state index is 14.8. The van der Waals surface area contributed by atoms with E-state index < -0.39 is 29.1 Å². The van der Waals surface area contributed by atoms with E-state index in [1.54, 1.807) is 39.0 Å². The first-order chi connectivity index (χ1) is 17.8. The van der Waals surface area contributed by atoms with Gasteiger partial charge in [0.05, 0.1) is 16.9 Å². The summed E-state index contributed by atoms with van der Waals surface area (Å²) >= 11 is 1.47. The molecule has 0 radical (unpaired) electrons. The number of fused-ring (bicyclic) bond motifs is 1. The molecule has 5 nitrogen and oxygen atoms in total. The van der Waals surface area contributed by atoms with Gasteiger partial charge < -0.3 is 9.47 Å². The summed E-state index contributed by atoms with van der Waals surface area (Å²) in [4.78, 5) is 12.8. The van der Waals surface area contributed by atoms with Crippen LogP contribution < -0.4 is 4.74 Å². The summed E-state index contributed by atoms with van der Waals surface area (Å²) in [6.07, 6.45) is -4.47. The topological polar surface area (TPSA) is 53.4 Å². The molecule has 0 aliphatic heterocycles. The van der Waals surface area contributed by atoms with E-state index in [0.29, 0.717) is 28.3 Å². The highest BCUT2D eigenvalue weighted by molar-refractivity contribution is 7.98. The fourth-order valence-corrected chi connectivity index (χ4v) is 4.75. The van der Waals surface area contributed by atoms with Gasteiger partial charge in [-0.15, -0.1) is 11.8 Å². The second kappa shape index (κ2) is 10.7. The number of hydrogen-bond donors (Lipinski definition) is 0. The molecular formula is C28H26F4N2O3S. The summed E-state index contributed by atoms with van der Waals surface area (Å²) in [7, 11) is 0. The third-order valence-electron chi connectivity index (χ3n) is 5.46. The number of benzene rings is 3. The SMILES string of the molecule is Cc1cc(SCc2nn(-c3ccc(C(F)(F)F)cc3)c3c(F)cccc23)ccc1OCC(=O)OC(C)(C)C. The summed E-state index contributed by atoms with van der Waals surface area (Å²) in [5.41, 5.74) is 0.555. The van der Waals surface area contributed by atoms with Gasteiger partial charge in [0.2, 0.25) is 0 Å². The van der Waals surface area contributed by atoms with E-state index in [0.717, 1.165) is 22.6 Å². The summed E-state index contributed by atoms with van der Waals surface area (Å²) in [6.45, 7) is 7.01. The molecule has 1 heterocycles. The normalized spacial score (nSPS) is 12.1. The molecule has 0 spiro atoms. The zero-order chi connectivity index (χ0) is 27.7. The Hall–Kier alpha value is -3.53. The fraction of sp³-hybridized carbons (Fsp3) is 0.286. The van der Waals surface area contributed by atoms with Crippen molar-refractivity contribution in [3.63, 3.8) is 0 Å². The van der Waals surface area contributed by atoms with E-state index in [2.05, 4.69) is 5.10 Å². The molecule has 200 valence electrons. The van der Waals surface area contributed by atoms with Crippen LogP contribution in [0.25, 0.3) is 16.6 Å². The molecular weight excluding hydrogens is 520 g/mol. The lowest BCUT2D eigenvalue weighted by molar-refractivity contribution is -0.157. The number of alkyl halides is 3. The third-order valence-corrected chi connectivity index (χ3v) is 6.46. The van der Waals surface area contributed by atoms with Gasteiger partial charge in [-0.25, -0.2) is 13.9 Å². The van der Waals surface area contributed by atoms with Gasteiger partial charge in [0, 0.05) is 16.0 Å². The first-order valence-corrected chi connectivity index (χ1v) is 12.7. The first kappa shape index (κ1) is 27.5. The van der Waals surface area contributed by atoms with Crippen molar-refractivity contribution in [2.24, 2.45) is 0 Å². The Kier molecular flexibility index (Phi) is 7.73. The van der Waals surface area contributed by atoms with Crippen molar-refractivity contribution < 1.29 is 31.8 Å². The fourth-order valence-electron chi connectivity index (χ4n) is 3.81.